The molecule has 0 fully saturated rings. The van der Waals surface area contributed by atoms with Crippen molar-refractivity contribution in [3.63, 3.8) is 0 Å². The maximum atomic E-state index is 11.9. The van der Waals surface area contributed by atoms with Crippen LogP contribution in [0.25, 0.3) is 0 Å². The molecule has 0 heterocycles. The standard InChI is InChI=1S/C19H23N3O3/c1-3-22(10-11-23)17-7-4-16(14(2)12-17)13-20-21-19(25)15-5-8-18(24)9-6-15/h4-9,12-13,23-24H,3,10-11H2,1-2H3,(H,21,25)/b20-13-. The van der Waals surface area contributed by atoms with Gasteiger partial charge in [-0.2, -0.15) is 5.10 Å². The number of carbonyl (C=O) groups is 1. The minimum Gasteiger partial charge on any atom is -0.508 e. The van der Waals surface area contributed by atoms with Crippen LogP contribution in [0.1, 0.15) is 28.4 Å². The van der Waals surface area contributed by atoms with E-state index in [1.807, 2.05) is 32.0 Å². The van der Waals surface area contributed by atoms with E-state index in [-0.39, 0.29) is 18.3 Å². The second kappa shape index (κ2) is 8.84. The number of likely N-dealkylation sites (N-methyl/N-ethyl adjacent to an activating group) is 1. The molecule has 0 aromatic heterocycles. The van der Waals surface area contributed by atoms with Crippen molar-refractivity contribution in [2.45, 2.75) is 13.8 Å². The quantitative estimate of drug-likeness (QED) is 0.533. The van der Waals surface area contributed by atoms with Crippen LogP contribution in [0.15, 0.2) is 47.6 Å². The summed E-state index contributed by atoms with van der Waals surface area (Å²) in [5, 5.41) is 22.3. The van der Waals surface area contributed by atoms with Crippen LogP contribution in [-0.4, -0.2) is 42.0 Å². The zero-order valence-corrected chi connectivity index (χ0v) is 14.4. The number of carbonyl (C=O) groups excluding carboxylic acids is 1. The molecule has 6 nitrogen and oxygen atoms in total. The van der Waals surface area contributed by atoms with Crippen LogP contribution < -0.4 is 10.3 Å². The number of nitrogens with one attached hydrogen (secondary N) is 1. The summed E-state index contributed by atoms with van der Waals surface area (Å²) in [6.07, 6.45) is 1.60. The molecule has 0 aliphatic heterocycles. The van der Waals surface area contributed by atoms with Gasteiger partial charge in [-0.3, -0.25) is 4.79 Å². The highest BCUT2D eigenvalue weighted by Crippen LogP contribution is 2.18. The highest BCUT2D eigenvalue weighted by molar-refractivity contribution is 5.95. The van der Waals surface area contributed by atoms with E-state index in [2.05, 4.69) is 15.4 Å². The number of hydrogen-bond acceptors (Lipinski definition) is 5. The van der Waals surface area contributed by atoms with Gasteiger partial charge in [0.05, 0.1) is 12.8 Å². The number of benzene rings is 2. The fraction of sp³-hybridized carbons (Fsp3) is 0.263. The molecular weight excluding hydrogens is 318 g/mol. The third kappa shape index (κ3) is 5.06. The molecule has 6 heteroatoms. The molecular formula is C19H23N3O3. The van der Waals surface area contributed by atoms with Crippen LogP contribution >= 0.6 is 0 Å². The number of phenols is 1. The van der Waals surface area contributed by atoms with Gasteiger partial charge >= 0.3 is 0 Å². The van der Waals surface area contributed by atoms with Crippen molar-refractivity contribution in [3.8, 4) is 5.75 Å². The lowest BCUT2D eigenvalue weighted by atomic mass is 10.1. The smallest absolute Gasteiger partial charge is 0.271 e. The number of aliphatic hydroxyl groups excluding tert-OH is 1. The number of aryl methyl sites for hydroxylation is 1. The van der Waals surface area contributed by atoms with E-state index < -0.39 is 0 Å². The number of nitrogens with zero attached hydrogens (tertiary/aromatic N) is 2. The fourth-order valence-electron chi connectivity index (χ4n) is 2.43. The molecule has 1 amide bonds. The van der Waals surface area contributed by atoms with E-state index in [1.54, 1.807) is 6.21 Å². The van der Waals surface area contributed by atoms with Crippen molar-refractivity contribution >= 4 is 17.8 Å². The number of hydrazone groups is 1. The fourth-order valence-corrected chi connectivity index (χ4v) is 2.43. The first-order chi connectivity index (χ1) is 12.0. The minimum atomic E-state index is -0.342. The Morgan fingerprint density at radius 3 is 2.56 bits per heavy atom. The van der Waals surface area contributed by atoms with Crippen LogP contribution in [0.3, 0.4) is 0 Å². The number of aliphatic hydroxyl groups is 1. The molecule has 0 saturated carbocycles. The van der Waals surface area contributed by atoms with Crippen molar-refractivity contribution in [2.75, 3.05) is 24.6 Å². The van der Waals surface area contributed by atoms with Gasteiger partial charge in [0.15, 0.2) is 0 Å². The van der Waals surface area contributed by atoms with Gasteiger partial charge in [-0.1, -0.05) is 6.07 Å². The third-order valence-corrected chi connectivity index (χ3v) is 3.87. The van der Waals surface area contributed by atoms with Gasteiger partial charge in [-0.25, -0.2) is 5.43 Å². The zero-order chi connectivity index (χ0) is 18.2. The Kier molecular flexibility index (Phi) is 6.54. The van der Waals surface area contributed by atoms with E-state index in [0.29, 0.717) is 12.1 Å². The summed E-state index contributed by atoms with van der Waals surface area (Å²) >= 11 is 0. The average molecular weight is 341 g/mol. The molecule has 0 saturated heterocycles. The zero-order valence-electron chi connectivity index (χ0n) is 14.4. The maximum Gasteiger partial charge on any atom is 0.271 e. The Bertz CT molecular complexity index is 742. The van der Waals surface area contributed by atoms with Crippen molar-refractivity contribution in [1.82, 2.24) is 5.43 Å². The van der Waals surface area contributed by atoms with E-state index in [1.165, 1.54) is 24.3 Å². The van der Waals surface area contributed by atoms with Crippen molar-refractivity contribution < 1.29 is 15.0 Å². The van der Waals surface area contributed by atoms with Crippen LogP contribution in [-0.2, 0) is 0 Å². The summed E-state index contributed by atoms with van der Waals surface area (Å²) in [4.78, 5) is 14.0. The predicted molar refractivity (Wildman–Crippen MR) is 99.3 cm³/mol. The van der Waals surface area contributed by atoms with Gasteiger partial charge in [0.2, 0.25) is 0 Å². The summed E-state index contributed by atoms with van der Waals surface area (Å²) in [6, 6.07) is 11.9. The molecule has 2 aromatic carbocycles. The molecule has 25 heavy (non-hydrogen) atoms. The summed E-state index contributed by atoms with van der Waals surface area (Å²) in [5.41, 5.74) is 5.85. The molecule has 2 aromatic rings. The van der Waals surface area contributed by atoms with E-state index in [4.69, 9.17) is 5.11 Å². The molecule has 3 N–H and O–H groups in total. The number of phenolic OH excluding ortho intramolecular Hbond substituents is 1. The summed E-state index contributed by atoms with van der Waals surface area (Å²) in [7, 11) is 0. The second-order valence-electron chi connectivity index (χ2n) is 5.59. The number of hydrogen-bond donors (Lipinski definition) is 3. The molecule has 0 radical (unpaired) electrons. The Hall–Kier alpha value is -2.86. The summed E-state index contributed by atoms with van der Waals surface area (Å²) in [5.74, 6) is -0.233. The number of anilines is 1. The SMILES string of the molecule is CCN(CCO)c1ccc(/C=N\NC(=O)c2ccc(O)cc2)c(C)c1. The summed E-state index contributed by atoms with van der Waals surface area (Å²) in [6.45, 7) is 5.53. The van der Waals surface area contributed by atoms with E-state index in [0.717, 1.165) is 23.4 Å². The number of amides is 1. The molecule has 0 aliphatic rings. The van der Waals surface area contributed by atoms with Gasteiger partial charge in [-0.05, 0) is 61.4 Å². The van der Waals surface area contributed by atoms with Gasteiger partial charge in [0, 0.05) is 24.3 Å². The second-order valence-corrected chi connectivity index (χ2v) is 5.59. The Morgan fingerprint density at radius 2 is 1.96 bits per heavy atom. The van der Waals surface area contributed by atoms with Crippen LogP contribution in [0.5, 0.6) is 5.75 Å². The average Bonchev–Trinajstić information content (AvgIpc) is 2.61. The van der Waals surface area contributed by atoms with Crippen molar-refractivity contribution in [1.29, 1.82) is 0 Å². The first kappa shape index (κ1) is 18.5. The molecule has 0 aliphatic carbocycles. The molecule has 0 unspecified atom stereocenters. The lowest BCUT2D eigenvalue weighted by Crippen LogP contribution is -2.26. The van der Waals surface area contributed by atoms with Crippen molar-refractivity contribution in [3.05, 3.63) is 59.2 Å². The van der Waals surface area contributed by atoms with Crippen LogP contribution in [0, 0.1) is 6.92 Å². The summed E-state index contributed by atoms with van der Waals surface area (Å²) < 4.78 is 0. The van der Waals surface area contributed by atoms with Crippen LogP contribution in [0.2, 0.25) is 0 Å². The third-order valence-electron chi connectivity index (χ3n) is 3.87. The van der Waals surface area contributed by atoms with Gasteiger partial charge in [0.25, 0.3) is 5.91 Å². The first-order valence-electron chi connectivity index (χ1n) is 8.14. The largest absolute Gasteiger partial charge is 0.508 e. The maximum absolute atomic E-state index is 11.9. The molecule has 132 valence electrons. The van der Waals surface area contributed by atoms with Crippen molar-refractivity contribution in [2.24, 2.45) is 5.10 Å². The normalized spacial score (nSPS) is 10.8. The molecule has 0 atom stereocenters. The molecule has 0 spiro atoms. The Morgan fingerprint density at radius 1 is 1.24 bits per heavy atom. The van der Waals surface area contributed by atoms with Gasteiger partial charge in [-0.15, -0.1) is 0 Å². The Labute approximate surface area is 147 Å². The van der Waals surface area contributed by atoms with Crippen LogP contribution in [0.4, 0.5) is 5.69 Å². The monoisotopic (exact) mass is 341 g/mol. The highest BCUT2D eigenvalue weighted by Gasteiger charge is 2.06. The Balaban J connectivity index is 2.03. The van der Waals surface area contributed by atoms with E-state index in [9.17, 15) is 9.90 Å². The highest BCUT2D eigenvalue weighted by atomic mass is 16.3. The molecule has 0 bridgehead atoms. The van der Waals surface area contributed by atoms with Gasteiger partial charge < -0.3 is 15.1 Å². The lowest BCUT2D eigenvalue weighted by molar-refractivity contribution is 0.0955. The minimum absolute atomic E-state index is 0.109. The number of rotatable bonds is 7. The van der Waals surface area contributed by atoms with E-state index >= 15 is 0 Å². The first-order valence-corrected chi connectivity index (χ1v) is 8.14. The topological polar surface area (TPSA) is 85.2 Å². The number of aromatic hydroxyl groups is 1. The van der Waals surface area contributed by atoms with Gasteiger partial charge in [0.1, 0.15) is 5.75 Å². The molecule has 2 rings (SSSR count). The lowest BCUT2D eigenvalue weighted by Gasteiger charge is -2.22. The predicted octanol–water partition coefficient (Wildman–Crippen LogP) is 2.28.